The Bertz CT molecular complexity index is 1200. The van der Waals surface area contributed by atoms with Crippen LogP contribution in [0.4, 0.5) is 5.69 Å². The molecular weight excluding hydrogens is 412 g/mol. The zero-order valence-corrected chi connectivity index (χ0v) is 17.5. The average Bonchev–Trinajstić information content (AvgIpc) is 3.05. The number of hydrogen-bond acceptors (Lipinski definition) is 3. The molecule has 1 unspecified atom stereocenters. The van der Waals surface area contributed by atoms with Crippen molar-refractivity contribution in [2.75, 3.05) is 4.90 Å². The van der Waals surface area contributed by atoms with Crippen LogP contribution in [0.3, 0.4) is 0 Å². The van der Waals surface area contributed by atoms with Gasteiger partial charge in [-0.15, -0.1) is 0 Å². The Hall–Kier alpha value is -3.00. The molecule has 0 aromatic heterocycles. The van der Waals surface area contributed by atoms with E-state index in [2.05, 4.69) is 6.07 Å². The summed E-state index contributed by atoms with van der Waals surface area (Å²) in [6.07, 6.45) is 0.484. The van der Waals surface area contributed by atoms with Gasteiger partial charge in [0.25, 0.3) is 0 Å². The lowest BCUT2D eigenvalue weighted by molar-refractivity contribution is 0.0843. The van der Waals surface area contributed by atoms with Crippen molar-refractivity contribution >= 4 is 40.3 Å². The topological polar surface area (TPSA) is 44.1 Å². The number of ketones is 1. The van der Waals surface area contributed by atoms with Crippen LogP contribution in [0.25, 0.3) is 0 Å². The van der Waals surface area contributed by atoms with E-state index in [-0.39, 0.29) is 11.8 Å². The van der Waals surface area contributed by atoms with Crippen molar-refractivity contribution in [1.29, 1.82) is 5.26 Å². The van der Waals surface area contributed by atoms with Gasteiger partial charge in [-0.3, -0.25) is 4.79 Å². The van der Waals surface area contributed by atoms with Gasteiger partial charge in [-0.2, -0.15) is 5.26 Å². The number of fused-ring (bicyclic) bond motifs is 4. The first-order chi connectivity index (χ1) is 14.6. The Labute approximate surface area is 185 Å². The molecule has 0 saturated carbocycles. The van der Waals surface area contributed by atoms with Crippen molar-refractivity contribution in [3.8, 4) is 6.07 Å². The van der Waals surface area contributed by atoms with Crippen LogP contribution in [0.5, 0.6) is 0 Å². The molecule has 146 valence electrons. The minimum absolute atomic E-state index is 0.0637. The summed E-state index contributed by atoms with van der Waals surface area (Å²) in [5.41, 5.74) is 2.23. The summed E-state index contributed by atoms with van der Waals surface area (Å²) in [5, 5.41) is 10.9. The molecule has 5 rings (SSSR count). The molecule has 0 spiro atoms. The van der Waals surface area contributed by atoms with Crippen LogP contribution >= 0.6 is 23.8 Å². The summed E-state index contributed by atoms with van der Waals surface area (Å²) in [7, 11) is 0. The second-order valence-electron chi connectivity index (χ2n) is 7.73. The Balaban J connectivity index is 1.75. The van der Waals surface area contributed by atoms with Crippen LogP contribution in [-0.2, 0) is 0 Å². The molecule has 3 atom stereocenters. The maximum Gasteiger partial charge on any atom is 0.177 e. The fourth-order valence-electron chi connectivity index (χ4n) is 4.90. The van der Waals surface area contributed by atoms with E-state index < -0.39 is 11.3 Å². The van der Waals surface area contributed by atoms with Crippen LogP contribution in [0, 0.1) is 16.7 Å². The molecule has 1 fully saturated rings. The van der Waals surface area contributed by atoms with Crippen LogP contribution in [-0.4, -0.2) is 10.8 Å². The summed E-state index contributed by atoms with van der Waals surface area (Å²) < 4.78 is 0. The minimum atomic E-state index is -1.08. The molecule has 0 N–H and O–H groups in total. The molecular formula is C25H17ClN2OS. The molecule has 5 heteroatoms. The number of halogens is 1. The standard InChI is InChI=1S/C25H17ClN2OS/c26-17-10-12-18(13-11-17)28-22-14-25(24(28)30,21(15-27)16-6-2-1-3-7-16)23(29)20-9-5-4-8-19(20)22/h1-13,21-22H,14H2/t21?,22-,25-/m0/s1. The molecule has 3 aromatic carbocycles. The largest absolute Gasteiger partial charge is 0.328 e. The third kappa shape index (κ3) is 2.56. The van der Waals surface area contributed by atoms with Gasteiger partial charge in [-0.25, -0.2) is 0 Å². The number of anilines is 1. The van der Waals surface area contributed by atoms with Gasteiger partial charge in [0.05, 0.1) is 23.0 Å². The zero-order chi connectivity index (χ0) is 20.9. The number of benzene rings is 3. The fraction of sp³-hybridized carbons (Fsp3) is 0.160. The second kappa shape index (κ2) is 7.05. The summed E-state index contributed by atoms with van der Waals surface area (Å²) in [6, 6.07) is 26.9. The van der Waals surface area contributed by atoms with Crippen molar-refractivity contribution in [3.05, 3.63) is 101 Å². The molecule has 3 aromatic rings. The van der Waals surface area contributed by atoms with Crippen LogP contribution in [0.15, 0.2) is 78.9 Å². The molecule has 1 aliphatic heterocycles. The number of carbonyl (C=O) groups excluding carboxylic acids is 1. The van der Waals surface area contributed by atoms with Crippen molar-refractivity contribution in [2.45, 2.75) is 18.4 Å². The third-order valence-corrected chi connectivity index (χ3v) is 7.07. The van der Waals surface area contributed by atoms with Gasteiger partial charge in [0.1, 0.15) is 5.41 Å². The minimum Gasteiger partial charge on any atom is -0.328 e. The first-order valence-electron chi connectivity index (χ1n) is 9.75. The number of hydrogen-bond donors (Lipinski definition) is 0. The number of Topliss-reactive ketones (excluding diaryl/α,β-unsaturated/α-hetero) is 1. The molecule has 1 heterocycles. The SMILES string of the molecule is N#CC(c1ccccc1)[C@@]12C[C@@H](c3ccccc3C1=O)N(c1ccc(Cl)cc1)C2=S. The van der Waals surface area contributed by atoms with Gasteiger partial charge in [0.2, 0.25) is 0 Å². The lowest BCUT2D eigenvalue weighted by Gasteiger charge is -2.34. The molecule has 0 amide bonds. The van der Waals surface area contributed by atoms with Crippen LogP contribution in [0.1, 0.15) is 39.9 Å². The van der Waals surface area contributed by atoms with E-state index in [1.165, 1.54) is 0 Å². The number of nitrogens with zero attached hydrogens (tertiary/aromatic N) is 2. The monoisotopic (exact) mass is 428 g/mol. The highest BCUT2D eigenvalue weighted by molar-refractivity contribution is 7.80. The third-order valence-electron chi connectivity index (χ3n) is 6.26. The average molecular weight is 429 g/mol. The normalized spacial score (nSPS) is 23.1. The number of rotatable bonds is 3. The van der Waals surface area contributed by atoms with E-state index in [9.17, 15) is 10.1 Å². The lowest BCUT2D eigenvalue weighted by Crippen LogP contribution is -2.43. The number of nitriles is 1. The van der Waals surface area contributed by atoms with Crippen molar-refractivity contribution in [2.24, 2.45) is 5.41 Å². The zero-order valence-electron chi connectivity index (χ0n) is 16.0. The van der Waals surface area contributed by atoms with Crippen LogP contribution in [0.2, 0.25) is 5.02 Å². The van der Waals surface area contributed by atoms with E-state index in [4.69, 9.17) is 23.8 Å². The maximum absolute atomic E-state index is 13.9. The van der Waals surface area contributed by atoms with E-state index in [1.54, 1.807) is 0 Å². The van der Waals surface area contributed by atoms with Crippen LogP contribution < -0.4 is 4.90 Å². The predicted molar refractivity (Wildman–Crippen MR) is 122 cm³/mol. The molecule has 2 aliphatic rings. The highest BCUT2D eigenvalue weighted by Gasteiger charge is 2.62. The van der Waals surface area contributed by atoms with Crippen molar-refractivity contribution in [1.82, 2.24) is 0 Å². The van der Waals surface area contributed by atoms with E-state index in [1.807, 2.05) is 83.8 Å². The Morgan fingerprint density at radius 2 is 1.70 bits per heavy atom. The maximum atomic E-state index is 13.9. The second-order valence-corrected chi connectivity index (χ2v) is 8.56. The van der Waals surface area contributed by atoms with Gasteiger partial charge in [0, 0.05) is 16.3 Å². The predicted octanol–water partition coefficient (Wildman–Crippen LogP) is 6.11. The van der Waals surface area contributed by atoms with Gasteiger partial charge in [-0.1, -0.05) is 78.4 Å². The lowest BCUT2D eigenvalue weighted by atomic mass is 9.63. The number of thiocarbonyl (C=S) groups is 1. The van der Waals surface area contributed by atoms with Gasteiger partial charge >= 0.3 is 0 Å². The van der Waals surface area contributed by atoms with Gasteiger partial charge in [0.15, 0.2) is 5.78 Å². The summed E-state index contributed by atoms with van der Waals surface area (Å²) in [6.45, 7) is 0. The highest BCUT2D eigenvalue weighted by Crippen LogP contribution is 2.59. The van der Waals surface area contributed by atoms with E-state index >= 15 is 0 Å². The van der Waals surface area contributed by atoms with E-state index in [0.29, 0.717) is 22.0 Å². The first-order valence-corrected chi connectivity index (χ1v) is 10.5. The molecule has 3 nitrogen and oxygen atoms in total. The van der Waals surface area contributed by atoms with E-state index in [0.717, 1.165) is 16.8 Å². The van der Waals surface area contributed by atoms with Crippen molar-refractivity contribution < 1.29 is 4.79 Å². The Morgan fingerprint density at radius 1 is 1.03 bits per heavy atom. The fourth-order valence-corrected chi connectivity index (χ4v) is 5.55. The quantitative estimate of drug-likeness (QED) is 0.472. The molecule has 2 bridgehead atoms. The van der Waals surface area contributed by atoms with Gasteiger partial charge < -0.3 is 4.90 Å². The van der Waals surface area contributed by atoms with Crippen molar-refractivity contribution in [3.63, 3.8) is 0 Å². The highest BCUT2D eigenvalue weighted by atomic mass is 35.5. The Kier molecular flexibility index (Phi) is 4.47. The summed E-state index contributed by atoms with van der Waals surface area (Å²) in [4.78, 5) is 16.5. The Morgan fingerprint density at radius 3 is 2.40 bits per heavy atom. The first kappa shape index (κ1) is 19.0. The summed E-state index contributed by atoms with van der Waals surface area (Å²) in [5.74, 6) is -0.724. The van der Waals surface area contributed by atoms with Gasteiger partial charge in [-0.05, 0) is 41.8 Å². The molecule has 1 saturated heterocycles. The molecule has 0 radical (unpaired) electrons. The number of carbonyl (C=O) groups is 1. The molecule has 30 heavy (non-hydrogen) atoms. The smallest absolute Gasteiger partial charge is 0.177 e. The summed E-state index contributed by atoms with van der Waals surface area (Å²) >= 11 is 12.1. The molecule has 1 aliphatic carbocycles.